The second kappa shape index (κ2) is 6.10. The molecule has 0 unspecified atom stereocenters. The number of hydrogen-bond donors (Lipinski definition) is 0. The minimum atomic E-state index is -2.85. The first kappa shape index (κ1) is 17.0. The fourth-order valence-corrected chi connectivity index (χ4v) is 3.60. The average Bonchev–Trinajstić information content (AvgIpc) is 3.00. The lowest BCUT2D eigenvalue weighted by molar-refractivity contribution is -0.166. The number of hydrogen-bond acceptors (Lipinski definition) is 5. The van der Waals surface area contributed by atoms with Crippen molar-refractivity contribution in [3.05, 3.63) is 46.0 Å². The summed E-state index contributed by atoms with van der Waals surface area (Å²) >= 11 is 6.96. The maximum atomic E-state index is 12.9. The van der Waals surface area contributed by atoms with E-state index in [9.17, 15) is 18.4 Å². The van der Waals surface area contributed by atoms with Crippen molar-refractivity contribution < 1.29 is 13.6 Å². The van der Waals surface area contributed by atoms with E-state index >= 15 is 0 Å². The van der Waals surface area contributed by atoms with Crippen LogP contribution in [0.25, 0.3) is 21.5 Å². The van der Waals surface area contributed by atoms with Crippen molar-refractivity contribution in [2.75, 3.05) is 13.1 Å². The van der Waals surface area contributed by atoms with E-state index in [1.165, 1.54) is 6.33 Å². The molecule has 4 rings (SSSR count). The minimum Gasteiger partial charge on any atom is -0.329 e. The number of alkyl halides is 2. The second-order valence-corrected chi connectivity index (χ2v) is 7.19. The summed E-state index contributed by atoms with van der Waals surface area (Å²) in [5.41, 5.74) is 0.719. The highest BCUT2D eigenvalue weighted by molar-refractivity contribution is 7.13. The van der Waals surface area contributed by atoms with Crippen LogP contribution >= 0.6 is 23.1 Å². The van der Waals surface area contributed by atoms with Crippen molar-refractivity contribution >= 4 is 39.3 Å². The highest BCUT2D eigenvalue weighted by atomic mass is 35.5. The Balaban J connectivity index is 1.68. The first-order valence-corrected chi connectivity index (χ1v) is 8.75. The lowest BCUT2D eigenvalue weighted by atomic mass is 10.1. The zero-order valence-corrected chi connectivity index (χ0v) is 14.7. The number of amides is 1. The van der Waals surface area contributed by atoms with Gasteiger partial charge in [-0.2, -0.15) is 4.37 Å². The molecule has 1 amide bonds. The number of rotatable bonds is 3. The number of nitrogens with zero attached hydrogens (tertiary/aromatic N) is 4. The predicted octanol–water partition coefficient (Wildman–Crippen LogP) is 2.65. The molecular weight excluding hydrogens is 386 g/mol. The van der Waals surface area contributed by atoms with Crippen molar-refractivity contribution in [3.8, 4) is 11.3 Å². The molecule has 3 aromatic rings. The van der Waals surface area contributed by atoms with Gasteiger partial charge in [0.25, 0.3) is 11.5 Å². The van der Waals surface area contributed by atoms with Gasteiger partial charge in [-0.05, 0) is 23.7 Å². The SMILES string of the molecule is O=C(Cn1cnc2snc(-c3ccc(Cl)cc3)c2c1=O)N1CC(F)(F)C1. The molecular formula is C16H11ClF2N4O2S. The van der Waals surface area contributed by atoms with Crippen LogP contribution in [-0.2, 0) is 11.3 Å². The molecule has 3 heterocycles. The van der Waals surface area contributed by atoms with Gasteiger partial charge in [-0.1, -0.05) is 23.7 Å². The summed E-state index contributed by atoms with van der Waals surface area (Å²) < 4.78 is 31.2. The number of aromatic nitrogens is 3. The summed E-state index contributed by atoms with van der Waals surface area (Å²) in [6.07, 6.45) is 1.24. The number of benzene rings is 1. The number of halogens is 3. The molecule has 134 valence electrons. The fraction of sp³-hybridized carbons (Fsp3) is 0.250. The van der Waals surface area contributed by atoms with E-state index in [0.29, 0.717) is 26.5 Å². The smallest absolute Gasteiger partial charge is 0.282 e. The lowest BCUT2D eigenvalue weighted by Crippen LogP contribution is -2.59. The summed E-state index contributed by atoms with van der Waals surface area (Å²) in [6.45, 7) is -1.58. The van der Waals surface area contributed by atoms with Crippen molar-refractivity contribution in [1.82, 2.24) is 18.8 Å². The molecule has 26 heavy (non-hydrogen) atoms. The summed E-state index contributed by atoms with van der Waals surface area (Å²) in [7, 11) is 0. The van der Waals surface area contributed by atoms with Gasteiger partial charge in [-0.15, -0.1) is 0 Å². The van der Waals surface area contributed by atoms with Crippen molar-refractivity contribution in [2.45, 2.75) is 12.5 Å². The molecule has 0 spiro atoms. The summed E-state index contributed by atoms with van der Waals surface area (Å²) in [5, 5.41) is 0.849. The Morgan fingerprint density at radius 1 is 1.27 bits per heavy atom. The largest absolute Gasteiger partial charge is 0.329 e. The van der Waals surface area contributed by atoms with Gasteiger partial charge in [0, 0.05) is 10.6 Å². The van der Waals surface area contributed by atoms with Crippen LogP contribution in [0.15, 0.2) is 35.4 Å². The van der Waals surface area contributed by atoms with Gasteiger partial charge in [0.1, 0.15) is 11.9 Å². The molecule has 6 nitrogen and oxygen atoms in total. The number of carbonyl (C=O) groups is 1. The summed E-state index contributed by atoms with van der Waals surface area (Å²) in [4.78, 5) is 30.5. The van der Waals surface area contributed by atoms with Crippen LogP contribution in [0.2, 0.25) is 5.02 Å². The molecule has 1 saturated heterocycles. The summed E-state index contributed by atoms with van der Waals surface area (Å²) in [5.74, 6) is -3.39. The van der Waals surface area contributed by atoms with E-state index < -0.39 is 30.5 Å². The first-order valence-electron chi connectivity index (χ1n) is 7.60. The van der Waals surface area contributed by atoms with Crippen LogP contribution < -0.4 is 5.56 Å². The molecule has 1 aliphatic rings. The second-order valence-electron chi connectivity index (χ2n) is 6.00. The Labute approximate surface area is 154 Å². The van der Waals surface area contributed by atoms with Crippen LogP contribution in [0, 0.1) is 0 Å². The van der Waals surface area contributed by atoms with E-state index in [4.69, 9.17) is 11.6 Å². The molecule has 1 aromatic carbocycles. The van der Waals surface area contributed by atoms with Crippen LogP contribution in [0.5, 0.6) is 0 Å². The fourth-order valence-electron chi connectivity index (χ4n) is 2.73. The lowest BCUT2D eigenvalue weighted by Gasteiger charge is -2.38. The van der Waals surface area contributed by atoms with Gasteiger partial charge < -0.3 is 4.90 Å². The monoisotopic (exact) mass is 396 g/mol. The molecule has 0 bridgehead atoms. The average molecular weight is 397 g/mol. The zero-order chi connectivity index (χ0) is 18.5. The molecule has 0 N–H and O–H groups in total. The third-order valence-corrected chi connectivity index (χ3v) is 5.09. The molecule has 0 saturated carbocycles. The van der Waals surface area contributed by atoms with Crippen LogP contribution in [0.3, 0.4) is 0 Å². The molecule has 0 aliphatic carbocycles. The van der Waals surface area contributed by atoms with Crippen LogP contribution in [0.1, 0.15) is 0 Å². The van der Waals surface area contributed by atoms with E-state index in [1.54, 1.807) is 24.3 Å². The highest BCUT2D eigenvalue weighted by Gasteiger charge is 2.46. The summed E-state index contributed by atoms with van der Waals surface area (Å²) in [6, 6.07) is 6.84. The van der Waals surface area contributed by atoms with E-state index in [2.05, 4.69) is 9.36 Å². The quantitative estimate of drug-likeness (QED) is 0.682. The molecule has 1 fully saturated rings. The van der Waals surface area contributed by atoms with Gasteiger partial charge in [0.2, 0.25) is 5.91 Å². The van der Waals surface area contributed by atoms with E-state index in [0.717, 1.165) is 21.0 Å². The van der Waals surface area contributed by atoms with Crippen LogP contribution in [-0.4, -0.2) is 43.7 Å². The zero-order valence-electron chi connectivity index (χ0n) is 13.2. The normalized spacial score (nSPS) is 15.9. The van der Waals surface area contributed by atoms with Gasteiger partial charge >= 0.3 is 0 Å². The Morgan fingerprint density at radius 2 is 1.96 bits per heavy atom. The maximum absolute atomic E-state index is 12.9. The van der Waals surface area contributed by atoms with E-state index in [-0.39, 0.29) is 6.54 Å². The maximum Gasteiger partial charge on any atom is 0.282 e. The Morgan fingerprint density at radius 3 is 2.62 bits per heavy atom. The number of carbonyl (C=O) groups excluding carboxylic acids is 1. The van der Waals surface area contributed by atoms with Crippen molar-refractivity contribution in [2.24, 2.45) is 0 Å². The third-order valence-electron chi connectivity index (χ3n) is 4.08. The Hall–Kier alpha value is -2.39. The van der Waals surface area contributed by atoms with Gasteiger partial charge in [-0.25, -0.2) is 13.8 Å². The molecule has 2 aromatic heterocycles. The third kappa shape index (κ3) is 2.97. The molecule has 0 radical (unpaired) electrons. The van der Waals surface area contributed by atoms with Crippen LogP contribution in [0.4, 0.5) is 8.78 Å². The number of likely N-dealkylation sites (tertiary alicyclic amines) is 1. The van der Waals surface area contributed by atoms with Gasteiger partial charge in [0.05, 0.1) is 25.1 Å². The van der Waals surface area contributed by atoms with Crippen molar-refractivity contribution in [3.63, 3.8) is 0 Å². The van der Waals surface area contributed by atoms with Crippen molar-refractivity contribution in [1.29, 1.82) is 0 Å². The molecule has 0 atom stereocenters. The highest BCUT2D eigenvalue weighted by Crippen LogP contribution is 2.29. The Kier molecular flexibility index (Phi) is 4.00. The Bertz CT molecular complexity index is 1060. The minimum absolute atomic E-state index is 0.293. The number of fused-ring (bicyclic) bond motifs is 1. The van der Waals surface area contributed by atoms with E-state index in [1.807, 2.05) is 0 Å². The standard InChI is InChI=1S/C16H11ClF2N4O2S/c17-10-3-1-9(2-4-10)13-12-14(26-21-13)20-8-22(15(12)25)5-11(24)23-6-16(18,19)7-23/h1-4,8H,5-7H2. The molecule has 10 heteroatoms. The van der Waals surface area contributed by atoms with Gasteiger partial charge in [-0.3, -0.25) is 14.2 Å². The first-order chi connectivity index (χ1) is 12.3. The topological polar surface area (TPSA) is 68.1 Å². The predicted molar refractivity (Wildman–Crippen MR) is 93.6 cm³/mol. The van der Waals surface area contributed by atoms with Gasteiger partial charge in [0.15, 0.2) is 4.83 Å². The molecule has 1 aliphatic heterocycles.